The summed E-state index contributed by atoms with van der Waals surface area (Å²) in [5.74, 6) is -0.675. The van der Waals surface area contributed by atoms with Gasteiger partial charge in [0.05, 0.1) is 7.11 Å². The van der Waals surface area contributed by atoms with Gasteiger partial charge in [0.25, 0.3) is 0 Å². The van der Waals surface area contributed by atoms with Crippen molar-refractivity contribution in [1.29, 1.82) is 0 Å². The molecule has 0 radical (unpaired) electrons. The van der Waals surface area contributed by atoms with E-state index in [0.29, 0.717) is 0 Å². The van der Waals surface area contributed by atoms with Crippen molar-refractivity contribution in [1.82, 2.24) is 0 Å². The van der Waals surface area contributed by atoms with E-state index in [2.05, 4.69) is 4.74 Å². The third kappa shape index (κ3) is 5.86. The van der Waals surface area contributed by atoms with Gasteiger partial charge in [-0.05, 0) is 19.3 Å². The maximum absolute atomic E-state index is 11.5. The van der Waals surface area contributed by atoms with Crippen molar-refractivity contribution in [2.75, 3.05) is 13.4 Å². The summed E-state index contributed by atoms with van der Waals surface area (Å²) in [7, 11) is -2.21. The number of carbonyl (C=O) groups excluding carboxylic acids is 1. The molecule has 0 aromatic heterocycles. The average Bonchev–Trinajstić information content (AvgIpc) is 2.23. The predicted molar refractivity (Wildman–Crippen MR) is 68.5 cm³/mol. The molecule has 0 aliphatic heterocycles. The Balaban J connectivity index is 4.97. The van der Waals surface area contributed by atoms with Gasteiger partial charge in [-0.25, -0.2) is 8.42 Å². The lowest BCUT2D eigenvalue weighted by Gasteiger charge is -2.14. The Labute approximate surface area is 104 Å². The molecular formula is C12H22O4S. The van der Waals surface area contributed by atoms with Crippen LogP contribution in [0.3, 0.4) is 0 Å². The first-order valence-electron chi connectivity index (χ1n) is 5.81. The largest absolute Gasteiger partial charge is 0.468 e. The summed E-state index contributed by atoms with van der Waals surface area (Å²) in [4.78, 5) is 11.5. The van der Waals surface area contributed by atoms with Gasteiger partial charge in [0.2, 0.25) is 0 Å². The summed E-state index contributed by atoms with van der Waals surface area (Å²) in [6.45, 7) is 4.01. The molecule has 1 unspecified atom stereocenters. The highest BCUT2D eigenvalue weighted by molar-refractivity contribution is 7.92. The lowest BCUT2D eigenvalue weighted by molar-refractivity contribution is -0.140. The number of ether oxygens (including phenoxy) is 1. The summed E-state index contributed by atoms with van der Waals surface area (Å²) in [5.41, 5.74) is 1.01. The number of carbonyl (C=O) groups is 1. The van der Waals surface area contributed by atoms with Crippen molar-refractivity contribution in [3.8, 4) is 0 Å². The molecule has 0 heterocycles. The maximum atomic E-state index is 11.5. The first kappa shape index (κ1) is 16.2. The monoisotopic (exact) mass is 262 g/mol. The van der Waals surface area contributed by atoms with Crippen molar-refractivity contribution in [3.63, 3.8) is 0 Å². The van der Waals surface area contributed by atoms with Crippen LogP contribution in [0.25, 0.3) is 0 Å². The molecule has 1 atom stereocenters. The summed E-state index contributed by atoms with van der Waals surface area (Å²) < 4.78 is 27.6. The van der Waals surface area contributed by atoms with E-state index in [4.69, 9.17) is 0 Å². The number of methoxy groups -OCH3 is 1. The number of hydrogen-bond donors (Lipinski definition) is 0. The van der Waals surface area contributed by atoms with E-state index < -0.39 is 21.1 Å². The predicted octanol–water partition coefficient (Wildman–Crippen LogP) is 2.10. The second-order valence-corrected chi connectivity index (χ2v) is 6.29. The fraction of sp³-hybridized carbons (Fsp3) is 0.750. The van der Waals surface area contributed by atoms with Crippen LogP contribution in [-0.4, -0.2) is 33.0 Å². The summed E-state index contributed by atoms with van der Waals surface area (Å²) in [6, 6.07) is 0. The SMILES string of the molecule is CCC=C(CCC)CC(C(=O)OC)S(C)(=O)=O. The minimum Gasteiger partial charge on any atom is -0.468 e. The Hall–Kier alpha value is -0.840. The van der Waals surface area contributed by atoms with Gasteiger partial charge in [-0.3, -0.25) is 4.79 Å². The van der Waals surface area contributed by atoms with Crippen LogP contribution in [-0.2, 0) is 19.4 Å². The molecule has 0 aliphatic carbocycles. The molecule has 0 rings (SSSR count). The van der Waals surface area contributed by atoms with Crippen molar-refractivity contribution in [3.05, 3.63) is 11.6 Å². The number of allylic oxidation sites excluding steroid dienone is 2. The summed E-state index contributed by atoms with van der Waals surface area (Å²) in [5, 5.41) is -1.07. The van der Waals surface area contributed by atoms with Crippen LogP contribution in [0.5, 0.6) is 0 Å². The van der Waals surface area contributed by atoms with Crippen molar-refractivity contribution < 1.29 is 17.9 Å². The zero-order chi connectivity index (χ0) is 13.5. The second-order valence-electron chi connectivity index (χ2n) is 4.07. The van der Waals surface area contributed by atoms with Gasteiger partial charge in [0, 0.05) is 6.26 Å². The molecule has 0 fully saturated rings. The van der Waals surface area contributed by atoms with Gasteiger partial charge in [0.15, 0.2) is 15.1 Å². The van der Waals surface area contributed by atoms with Gasteiger partial charge in [-0.15, -0.1) is 0 Å². The fourth-order valence-electron chi connectivity index (χ4n) is 1.68. The zero-order valence-electron chi connectivity index (χ0n) is 11.0. The van der Waals surface area contributed by atoms with Crippen LogP contribution in [0.4, 0.5) is 0 Å². The summed E-state index contributed by atoms with van der Waals surface area (Å²) >= 11 is 0. The number of esters is 1. The normalized spacial score (nSPS) is 14.5. The quantitative estimate of drug-likeness (QED) is 0.521. The van der Waals surface area contributed by atoms with Crippen molar-refractivity contribution in [2.45, 2.75) is 44.8 Å². The molecule has 0 aliphatic rings. The highest BCUT2D eigenvalue weighted by atomic mass is 32.2. The Morgan fingerprint density at radius 1 is 1.35 bits per heavy atom. The Kier molecular flexibility index (Phi) is 7.11. The molecule has 0 aromatic rings. The van der Waals surface area contributed by atoms with Gasteiger partial charge in [-0.1, -0.05) is 31.9 Å². The molecule has 0 spiro atoms. The van der Waals surface area contributed by atoms with Crippen LogP contribution in [0.2, 0.25) is 0 Å². The minimum absolute atomic E-state index is 0.243. The van der Waals surface area contributed by atoms with Crippen LogP contribution in [0.1, 0.15) is 39.5 Å². The van der Waals surface area contributed by atoms with Crippen LogP contribution in [0.15, 0.2) is 11.6 Å². The van der Waals surface area contributed by atoms with E-state index in [0.717, 1.165) is 31.1 Å². The number of rotatable bonds is 7. The highest BCUT2D eigenvalue weighted by Gasteiger charge is 2.30. The Morgan fingerprint density at radius 2 is 1.94 bits per heavy atom. The van der Waals surface area contributed by atoms with Gasteiger partial charge < -0.3 is 4.74 Å². The van der Waals surface area contributed by atoms with Gasteiger partial charge >= 0.3 is 5.97 Å². The standard InChI is InChI=1S/C12H22O4S/c1-5-7-10(8-6-2)9-11(12(13)16-3)17(4,14)15/h7,11H,5-6,8-9H2,1-4H3. The molecule has 0 N–H and O–H groups in total. The molecule has 0 aromatic carbocycles. The molecular weight excluding hydrogens is 240 g/mol. The Morgan fingerprint density at radius 3 is 2.29 bits per heavy atom. The molecule has 0 saturated carbocycles. The van der Waals surface area contributed by atoms with E-state index >= 15 is 0 Å². The minimum atomic E-state index is -3.42. The lowest BCUT2D eigenvalue weighted by Crippen LogP contribution is -2.31. The number of hydrogen-bond acceptors (Lipinski definition) is 4. The van der Waals surface area contributed by atoms with E-state index in [1.54, 1.807) is 0 Å². The first-order valence-corrected chi connectivity index (χ1v) is 7.76. The van der Waals surface area contributed by atoms with Crippen molar-refractivity contribution >= 4 is 15.8 Å². The van der Waals surface area contributed by atoms with Crippen LogP contribution >= 0.6 is 0 Å². The third-order valence-electron chi connectivity index (χ3n) is 2.49. The van der Waals surface area contributed by atoms with E-state index in [1.807, 2.05) is 19.9 Å². The zero-order valence-corrected chi connectivity index (χ0v) is 11.8. The van der Waals surface area contributed by atoms with E-state index in [1.165, 1.54) is 7.11 Å². The maximum Gasteiger partial charge on any atom is 0.324 e. The third-order valence-corrected chi connectivity index (χ3v) is 3.89. The van der Waals surface area contributed by atoms with Crippen molar-refractivity contribution in [2.24, 2.45) is 0 Å². The average molecular weight is 262 g/mol. The van der Waals surface area contributed by atoms with Crippen LogP contribution in [0, 0.1) is 0 Å². The van der Waals surface area contributed by atoms with E-state index in [-0.39, 0.29) is 6.42 Å². The molecule has 5 heteroatoms. The van der Waals surface area contributed by atoms with Crippen LogP contribution < -0.4 is 0 Å². The topological polar surface area (TPSA) is 60.4 Å². The second kappa shape index (κ2) is 7.48. The number of sulfone groups is 1. The Bertz CT molecular complexity index is 368. The highest BCUT2D eigenvalue weighted by Crippen LogP contribution is 2.18. The van der Waals surface area contributed by atoms with E-state index in [9.17, 15) is 13.2 Å². The molecule has 0 bridgehead atoms. The molecule has 0 saturated heterocycles. The van der Waals surface area contributed by atoms with Gasteiger partial charge in [-0.2, -0.15) is 0 Å². The smallest absolute Gasteiger partial charge is 0.324 e. The molecule has 17 heavy (non-hydrogen) atoms. The molecule has 100 valence electrons. The van der Waals surface area contributed by atoms with Gasteiger partial charge in [0.1, 0.15) is 0 Å². The fourth-order valence-corrected chi connectivity index (χ4v) is 2.64. The first-order chi connectivity index (χ1) is 7.86. The lowest BCUT2D eigenvalue weighted by atomic mass is 10.0. The summed E-state index contributed by atoms with van der Waals surface area (Å²) in [6.07, 6.45) is 5.90. The molecule has 0 amide bonds. The molecule has 4 nitrogen and oxygen atoms in total.